The number of anilines is 1. The lowest BCUT2D eigenvalue weighted by molar-refractivity contribution is -0.153. The molecule has 1 aromatic carbocycles. The molecule has 4 aliphatic carbocycles. The van der Waals surface area contributed by atoms with E-state index in [0.717, 1.165) is 50.0 Å². The normalized spacial score (nSPS) is 30.6. The van der Waals surface area contributed by atoms with Crippen molar-refractivity contribution in [2.45, 2.75) is 63.4 Å². The number of halogens is 2. The van der Waals surface area contributed by atoms with Crippen LogP contribution in [0.4, 0.5) is 14.6 Å². The van der Waals surface area contributed by atoms with Crippen LogP contribution in [0.15, 0.2) is 30.3 Å². The van der Waals surface area contributed by atoms with Crippen molar-refractivity contribution >= 4 is 16.9 Å². The number of hydrogen-bond donors (Lipinski definition) is 1. The zero-order chi connectivity index (χ0) is 25.9. The standard InChI is InChI=1S/C29H35F2N5O2/c30-26(31)27-33-23-6-1-2-7-24(23)36(27)28-32-21(14-25(34-28)35-8-10-38-11-9-35)4-3-5-22-19-12-18-13-20(22)17-29(37,15-18)16-19/h1-2,6-7,14,18-20,22,26,37H,3-5,8-13,15-17H2/t18?,19-,20+,22?,29?. The molecule has 4 bridgehead atoms. The van der Waals surface area contributed by atoms with E-state index in [1.165, 1.54) is 17.4 Å². The van der Waals surface area contributed by atoms with Gasteiger partial charge in [0, 0.05) is 24.8 Å². The lowest BCUT2D eigenvalue weighted by atomic mass is 9.49. The summed E-state index contributed by atoms with van der Waals surface area (Å²) in [5.41, 5.74) is 1.56. The zero-order valence-electron chi connectivity index (χ0n) is 21.6. The minimum Gasteiger partial charge on any atom is -0.390 e. The number of aliphatic hydroxyl groups is 1. The first-order chi connectivity index (χ1) is 18.5. The van der Waals surface area contributed by atoms with Gasteiger partial charge in [-0.3, -0.25) is 4.57 Å². The summed E-state index contributed by atoms with van der Waals surface area (Å²) >= 11 is 0. The summed E-state index contributed by atoms with van der Waals surface area (Å²) < 4.78 is 35.2. The summed E-state index contributed by atoms with van der Waals surface area (Å²) in [6, 6.07) is 9.18. The van der Waals surface area contributed by atoms with E-state index in [9.17, 15) is 13.9 Å². The lowest BCUT2D eigenvalue weighted by Gasteiger charge is -2.58. The minimum absolute atomic E-state index is 0.254. The summed E-state index contributed by atoms with van der Waals surface area (Å²) in [7, 11) is 0. The molecule has 5 aliphatic rings. The number of rotatable bonds is 7. The maximum atomic E-state index is 14.1. The fourth-order valence-electron chi connectivity index (χ4n) is 8.13. The van der Waals surface area contributed by atoms with Crippen LogP contribution in [0, 0.1) is 23.7 Å². The fourth-order valence-corrected chi connectivity index (χ4v) is 8.13. The number of hydrogen-bond acceptors (Lipinski definition) is 6. The molecule has 1 aliphatic heterocycles. The third-order valence-electron chi connectivity index (χ3n) is 9.48. The van der Waals surface area contributed by atoms with E-state index in [-0.39, 0.29) is 11.8 Å². The molecule has 0 spiro atoms. The summed E-state index contributed by atoms with van der Waals surface area (Å²) in [5, 5.41) is 10.9. The average molecular weight is 524 g/mol. The summed E-state index contributed by atoms with van der Waals surface area (Å²) in [5.74, 6) is 3.35. The molecule has 0 radical (unpaired) electrons. The van der Waals surface area contributed by atoms with E-state index in [1.54, 1.807) is 18.2 Å². The highest BCUT2D eigenvalue weighted by atomic mass is 19.3. The van der Waals surface area contributed by atoms with Gasteiger partial charge in [-0.2, -0.15) is 4.98 Å². The zero-order valence-corrected chi connectivity index (χ0v) is 21.6. The first kappa shape index (κ1) is 24.4. The van der Waals surface area contributed by atoms with E-state index in [1.807, 2.05) is 12.1 Å². The van der Waals surface area contributed by atoms with E-state index in [4.69, 9.17) is 14.7 Å². The molecule has 5 fully saturated rings. The maximum absolute atomic E-state index is 14.1. The Kier molecular flexibility index (Phi) is 6.11. The molecule has 202 valence electrons. The van der Waals surface area contributed by atoms with Crippen LogP contribution in [0.1, 0.15) is 62.9 Å². The maximum Gasteiger partial charge on any atom is 0.296 e. The van der Waals surface area contributed by atoms with Crippen molar-refractivity contribution in [2.24, 2.45) is 23.7 Å². The third kappa shape index (κ3) is 4.37. The van der Waals surface area contributed by atoms with Gasteiger partial charge in [-0.1, -0.05) is 12.1 Å². The molecule has 5 atom stereocenters. The molecule has 1 N–H and O–H groups in total. The number of aromatic nitrogens is 4. The van der Waals surface area contributed by atoms with Gasteiger partial charge < -0.3 is 14.7 Å². The number of morpholine rings is 1. The Morgan fingerprint density at radius 3 is 2.53 bits per heavy atom. The smallest absolute Gasteiger partial charge is 0.296 e. The third-order valence-corrected chi connectivity index (χ3v) is 9.48. The average Bonchev–Trinajstić information content (AvgIpc) is 3.30. The van der Waals surface area contributed by atoms with Crippen LogP contribution in [-0.4, -0.2) is 56.5 Å². The first-order valence-electron chi connectivity index (χ1n) is 14.1. The molecule has 2 aromatic heterocycles. The van der Waals surface area contributed by atoms with Crippen LogP contribution in [0.3, 0.4) is 0 Å². The second-order valence-electron chi connectivity index (χ2n) is 12.0. The van der Waals surface area contributed by atoms with Gasteiger partial charge in [-0.15, -0.1) is 0 Å². The highest BCUT2D eigenvalue weighted by Crippen LogP contribution is 2.59. The molecule has 1 saturated heterocycles. The van der Waals surface area contributed by atoms with Gasteiger partial charge in [0.1, 0.15) is 5.82 Å². The molecular formula is C29H35F2N5O2. The summed E-state index contributed by atoms with van der Waals surface area (Å²) in [6.07, 6.45) is 5.62. The Morgan fingerprint density at radius 1 is 1.03 bits per heavy atom. The van der Waals surface area contributed by atoms with Crippen LogP contribution in [0.25, 0.3) is 17.0 Å². The topological polar surface area (TPSA) is 76.3 Å². The van der Waals surface area contributed by atoms with Crippen molar-refractivity contribution in [1.29, 1.82) is 0 Å². The number of fused-ring (bicyclic) bond motifs is 1. The number of benzene rings is 1. The SMILES string of the molecule is OC12CC3C[C@H](C1)C(CCCc1cc(N4CCOCC4)nc(-n4c(C(F)F)nc5ccccc54)n1)[C@@H](C3)C2. The Morgan fingerprint density at radius 2 is 1.79 bits per heavy atom. The van der Waals surface area contributed by atoms with Gasteiger partial charge in [0.25, 0.3) is 6.43 Å². The van der Waals surface area contributed by atoms with Crippen molar-refractivity contribution in [3.8, 4) is 5.95 Å². The highest BCUT2D eigenvalue weighted by Gasteiger charge is 2.54. The number of para-hydroxylation sites is 2. The first-order valence-corrected chi connectivity index (χ1v) is 14.1. The Balaban J connectivity index is 1.18. The minimum atomic E-state index is -2.74. The Hall–Kier alpha value is -2.65. The molecular weight excluding hydrogens is 488 g/mol. The number of ether oxygens (including phenoxy) is 1. The molecule has 38 heavy (non-hydrogen) atoms. The second kappa shape index (κ2) is 9.52. The second-order valence-corrected chi connectivity index (χ2v) is 12.0. The molecule has 4 saturated carbocycles. The number of aryl methyl sites for hydroxylation is 1. The van der Waals surface area contributed by atoms with Crippen molar-refractivity contribution in [3.63, 3.8) is 0 Å². The van der Waals surface area contributed by atoms with Crippen LogP contribution in [0.5, 0.6) is 0 Å². The molecule has 8 rings (SSSR count). The van der Waals surface area contributed by atoms with Gasteiger partial charge in [0.15, 0.2) is 5.82 Å². The van der Waals surface area contributed by atoms with Gasteiger partial charge in [0.05, 0.1) is 29.8 Å². The van der Waals surface area contributed by atoms with Crippen molar-refractivity contribution in [2.75, 3.05) is 31.2 Å². The van der Waals surface area contributed by atoms with Gasteiger partial charge in [-0.25, -0.2) is 18.7 Å². The molecule has 7 nitrogen and oxygen atoms in total. The van der Waals surface area contributed by atoms with Crippen molar-refractivity contribution in [1.82, 2.24) is 19.5 Å². The molecule has 0 amide bonds. The van der Waals surface area contributed by atoms with Crippen LogP contribution < -0.4 is 4.90 Å². The van der Waals surface area contributed by atoms with Gasteiger partial charge >= 0.3 is 0 Å². The molecule has 9 heteroatoms. The van der Waals surface area contributed by atoms with E-state index in [0.29, 0.717) is 61.0 Å². The van der Waals surface area contributed by atoms with Crippen molar-refractivity contribution in [3.05, 3.63) is 41.9 Å². The molecule has 3 unspecified atom stereocenters. The fraction of sp³-hybridized carbons (Fsp3) is 0.621. The van der Waals surface area contributed by atoms with Crippen molar-refractivity contribution < 1.29 is 18.6 Å². The number of alkyl halides is 2. The predicted octanol–water partition coefficient (Wildman–Crippen LogP) is 5.10. The Labute approximate surface area is 221 Å². The molecule has 3 aromatic rings. The highest BCUT2D eigenvalue weighted by molar-refractivity contribution is 5.77. The Bertz CT molecular complexity index is 1310. The van der Waals surface area contributed by atoms with Crippen LogP contribution >= 0.6 is 0 Å². The largest absolute Gasteiger partial charge is 0.390 e. The van der Waals surface area contributed by atoms with Gasteiger partial charge in [0.2, 0.25) is 5.95 Å². The van der Waals surface area contributed by atoms with Crippen LogP contribution in [-0.2, 0) is 11.2 Å². The van der Waals surface area contributed by atoms with E-state index >= 15 is 0 Å². The number of imidazole rings is 1. The summed E-state index contributed by atoms with van der Waals surface area (Å²) in [4.78, 5) is 16.0. The summed E-state index contributed by atoms with van der Waals surface area (Å²) in [6.45, 7) is 2.64. The lowest BCUT2D eigenvalue weighted by Crippen LogP contribution is -2.54. The van der Waals surface area contributed by atoms with Crippen LogP contribution in [0.2, 0.25) is 0 Å². The van der Waals surface area contributed by atoms with E-state index in [2.05, 4.69) is 9.88 Å². The van der Waals surface area contributed by atoms with E-state index < -0.39 is 12.0 Å². The predicted molar refractivity (Wildman–Crippen MR) is 140 cm³/mol. The van der Waals surface area contributed by atoms with Gasteiger partial charge in [-0.05, 0) is 87.2 Å². The quantitative estimate of drug-likeness (QED) is 0.465. The molecule has 3 heterocycles. The number of nitrogens with zero attached hydrogens (tertiary/aromatic N) is 5. The monoisotopic (exact) mass is 523 g/mol.